The Morgan fingerprint density at radius 3 is 2.56 bits per heavy atom. The van der Waals surface area contributed by atoms with E-state index in [-0.39, 0.29) is 17.7 Å². The number of carbonyl (C=O) groups excluding carboxylic acids is 3. The minimum atomic E-state index is -0.117. The van der Waals surface area contributed by atoms with E-state index < -0.39 is 0 Å². The molecule has 3 amide bonds. The van der Waals surface area contributed by atoms with Crippen LogP contribution in [0, 0.1) is 0 Å². The van der Waals surface area contributed by atoms with Crippen molar-refractivity contribution in [1.29, 1.82) is 0 Å². The normalized spacial score (nSPS) is 14.8. The molecule has 6 heteroatoms. The number of nitrogens with zero attached hydrogens (tertiary/aromatic N) is 1. The molecule has 0 aromatic heterocycles. The van der Waals surface area contributed by atoms with E-state index in [2.05, 4.69) is 10.6 Å². The van der Waals surface area contributed by atoms with Crippen LogP contribution in [0.4, 0.5) is 0 Å². The molecule has 0 unspecified atom stereocenters. The minimum absolute atomic E-state index is 0.0790. The summed E-state index contributed by atoms with van der Waals surface area (Å²) >= 11 is 0. The Labute approximate surface area is 149 Å². The van der Waals surface area contributed by atoms with Crippen molar-refractivity contribution in [3.05, 3.63) is 35.4 Å². The summed E-state index contributed by atoms with van der Waals surface area (Å²) in [7, 11) is 0. The van der Waals surface area contributed by atoms with Gasteiger partial charge in [0.05, 0.1) is 0 Å². The third-order valence-electron chi connectivity index (χ3n) is 4.32. The van der Waals surface area contributed by atoms with E-state index in [1.165, 1.54) is 6.92 Å². The van der Waals surface area contributed by atoms with Crippen LogP contribution in [0.5, 0.6) is 0 Å². The molecule has 0 radical (unpaired) electrons. The van der Waals surface area contributed by atoms with Gasteiger partial charge in [-0.25, -0.2) is 0 Å². The summed E-state index contributed by atoms with van der Waals surface area (Å²) in [6.07, 6.45) is 4.60. The monoisotopic (exact) mass is 345 g/mol. The average Bonchev–Trinajstić information content (AvgIpc) is 2.81. The summed E-state index contributed by atoms with van der Waals surface area (Å²) in [4.78, 5) is 36.8. The van der Waals surface area contributed by atoms with Crippen LogP contribution in [-0.4, -0.2) is 42.3 Å². The maximum atomic E-state index is 12.1. The fraction of sp³-hybridized carbons (Fsp3) is 0.526. The molecule has 136 valence electrons. The van der Waals surface area contributed by atoms with Gasteiger partial charge < -0.3 is 15.5 Å². The van der Waals surface area contributed by atoms with Gasteiger partial charge in [-0.1, -0.05) is 18.6 Å². The number of hydrogen-bond donors (Lipinski definition) is 2. The highest BCUT2D eigenvalue weighted by atomic mass is 16.2. The zero-order valence-electron chi connectivity index (χ0n) is 14.8. The molecule has 6 nitrogen and oxygen atoms in total. The zero-order chi connectivity index (χ0) is 18.1. The van der Waals surface area contributed by atoms with Gasteiger partial charge in [0, 0.05) is 45.1 Å². The Morgan fingerprint density at radius 2 is 1.84 bits per heavy atom. The van der Waals surface area contributed by atoms with E-state index >= 15 is 0 Å². The van der Waals surface area contributed by atoms with Crippen LogP contribution in [-0.2, 0) is 16.1 Å². The lowest BCUT2D eigenvalue weighted by Gasteiger charge is -2.20. The molecule has 25 heavy (non-hydrogen) atoms. The topological polar surface area (TPSA) is 78.5 Å². The second kappa shape index (κ2) is 9.81. The molecule has 1 aliphatic heterocycles. The number of benzene rings is 1. The Kier molecular flexibility index (Phi) is 7.44. The second-order valence-corrected chi connectivity index (χ2v) is 6.41. The predicted octanol–water partition coefficient (Wildman–Crippen LogP) is 1.85. The standard InChI is InChI=1S/C19H27N3O3/c1-15(23)21-14-16-7-9-17(10-8-16)19(25)20-11-5-13-22-12-4-2-3-6-18(22)24/h7-10H,2-6,11-14H2,1H3,(H,20,25)(H,21,23). The summed E-state index contributed by atoms with van der Waals surface area (Å²) in [6.45, 7) is 4.02. The van der Waals surface area contributed by atoms with Crippen LogP contribution in [0.25, 0.3) is 0 Å². The van der Waals surface area contributed by atoms with Crippen molar-refractivity contribution in [2.45, 2.75) is 45.6 Å². The highest BCUT2D eigenvalue weighted by Crippen LogP contribution is 2.11. The summed E-state index contributed by atoms with van der Waals surface area (Å²) in [5.74, 6) is 0.0385. The van der Waals surface area contributed by atoms with Crippen molar-refractivity contribution in [3.63, 3.8) is 0 Å². The number of likely N-dealkylation sites (tertiary alicyclic amines) is 1. The number of carbonyl (C=O) groups is 3. The van der Waals surface area contributed by atoms with Crippen LogP contribution in [0.2, 0.25) is 0 Å². The quantitative estimate of drug-likeness (QED) is 0.740. The van der Waals surface area contributed by atoms with Gasteiger partial charge in [0.2, 0.25) is 11.8 Å². The zero-order valence-corrected chi connectivity index (χ0v) is 14.8. The number of rotatable bonds is 7. The average molecular weight is 345 g/mol. The molecule has 1 aromatic rings. The summed E-state index contributed by atoms with van der Waals surface area (Å²) in [5, 5.41) is 5.61. The van der Waals surface area contributed by atoms with E-state index in [1.54, 1.807) is 12.1 Å². The van der Waals surface area contributed by atoms with Gasteiger partial charge in [-0.3, -0.25) is 14.4 Å². The van der Waals surface area contributed by atoms with Gasteiger partial charge in [0.1, 0.15) is 0 Å². The number of hydrogen-bond acceptors (Lipinski definition) is 3. The molecule has 0 bridgehead atoms. The van der Waals surface area contributed by atoms with E-state index in [0.29, 0.717) is 31.6 Å². The maximum absolute atomic E-state index is 12.1. The molecule has 0 saturated carbocycles. The first kappa shape index (κ1) is 19.0. The lowest BCUT2D eigenvalue weighted by atomic mass is 10.1. The summed E-state index contributed by atoms with van der Waals surface area (Å²) in [6, 6.07) is 7.18. The van der Waals surface area contributed by atoms with Crippen LogP contribution < -0.4 is 10.6 Å². The minimum Gasteiger partial charge on any atom is -0.352 e. The van der Waals surface area contributed by atoms with Crippen molar-refractivity contribution in [2.24, 2.45) is 0 Å². The lowest BCUT2D eigenvalue weighted by Crippen LogP contribution is -2.34. The second-order valence-electron chi connectivity index (χ2n) is 6.41. The Morgan fingerprint density at radius 1 is 1.08 bits per heavy atom. The SMILES string of the molecule is CC(=O)NCc1ccc(C(=O)NCCCN2CCCCCC2=O)cc1. The van der Waals surface area contributed by atoms with Crippen molar-refractivity contribution in [2.75, 3.05) is 19.6 Å². The Bertz CT molecular complexity index is 598. The highest BCUT2D eigenvalue weighted by Gasteiger charge is 2.15. The van der Waals surface area contributed by atoms with Crippen LogP contribution in [0.15, 0.2) is 24.3 Å². The number of amides is 3. The largest absolute Gasteiger partial charge is 0.352 e. The van der Waals surface area contributed by atoms with Gasteiger partial charge in [-0.05, 0) is 37.0 Å². The van der Waals surface area contributed by atoms with E-state index in [9.17, 15) is 14.4 Å². The fourth-order valence-corrected chi connectivity index (χ4v) is 2.85. The van der Waals surface area contributed by atoms with Crippen LogP contribution in [0.1, 0.15) is 54.9 Å². The molecule has 1 aliphatic rings. The van der Waals surface area contributed by atoms with Gasteiger partial charge >= 0.3 is 0 Å². The predicted molar refractivity (Wildman–Crippen MR) is 96.0 cm³/mol. The molecule has 2 N–H and O–H groups in total. The summed E-state index contributed by atoms with van der Waals surface area (Å²) < 4.78 is 0. The number of nitrogens with one attached hydrogen (secondary N) is 2. The van der Waals surface area contributed by atoms with Crippen molar-refractivity contribution < 1.29 is 14.4 Å². The van der Waals surface area contributed by atoms with Crippen LogP contribution in [0.3, 0.4) is 0 Å². The fourth-order valence-electron chi connectivity index (χ4n) is 2.85. The summed E-state index contributed by atoms with van der Waals surface area (Å²) in [5.41, 5.74) is 1.55. The Hall–Kier alpha value is -2.37. The smallest absolute Gasteiger partial charge is 0.251 e. The van der Waals surface area contributed by atoms with Gasteiger partial charge in [0.25, 0.3) is 5.91 Å². The van der Waals surface area contributed by atoms with E-state index in [0.717, 1.165) is 37.8 Å². The molecule has 0 atom stereocenters. The molecule has 1 heterocycles. The third-order valence-corrected chi connectivity index (χ3v) is 4.32. The molecule has 0 aliphatic carbocycles. The molecule has 1 saturated heterocycles. The first-order chi connectivity index (χ1) is 12.1. The molecule has 1 aromatic carbocycles. The lowest BCUT2D eigenvalue weighted by molar-refractivity contribution is -0.130. The first-order valence-corrected chi connectivity index (χ1v) is 8.95. The molecular weight excluding hydrogens is 318 g/mol. The highest BCUT2D eigenvalue weighted by molar-refractivity contribution is 5.94. The van der Waals surface area contributed by atoms with E-state index in [1.807, 2.05) is 17.0 Å². The Balaban J connectivity index is 1.70. The van der Waals surface area contributed by atoms with Crippen molar-refractivity contribution in [3.8, 4) is 0 Å². The maximum Gasteiger partial charge on any atom is 0.251 e. The van der Waals surface area contributed by atoms with Gasteiger partial charge in [-0.2, -0.15) is 0 Å². The van der Waals surface area contributed by atoms with Crippen LogP contribution >= 0.6 is 0 Å². The van der Waals surface area contributed by atoms with Crippen molar-refractivity contribution in [1.82, 2.24) is 15.5 Å². The van der Waals surface area contributed by atoms with Gasteiger partial charge in [0.15, 0.2) is 0 Å². The van der Waals surface area contributed by atoms with Gasteiger partial charge in [-0.15, -0.1) is 0 Å². The molecule has 0 spiro atoms. The molecule has 1 fully saturated rings. The molecule has 2 rings (SSSR count). The van der Waals surface area contributed by atoms with E-state index in [4.69, 9.17) is 0 Å². The molecular formula is C19H27N3O3. The third kappa shape index (κ3) is 6.57. The first-order valence-electron chi connectivity index (χ1n) is 8.95. The van der Waals surface area contributed by atoms with Crippen molar-refractivity contribution >= 4 is 17.7 Å².